The zero-order chi connectivity index (χ0) is 16.2. The Morgan fingerprint density at radius 3 is 2.78 bits per heavy atom. The molecular weight excluding hydrogens is 297 g/mol. The molecular formula is C16H22FN5O. The summed E-state index contributed by atoms with van der Waals surface area (Å²) in [5.41, 5.74) is 0.742. The van der Waals surface area contributed by atoms with Gasteiger partial charge in [-0.3, -0.25) is 4.68 Å². The Hall–Kier alpha value is -2.18. The number of halogens is 1. The highest BCUT2D eigenvalue weighted by molar-refractivity contribution is 5.50. The summed E-state index contributed by atoms with van der Waals surface area (Å²) < 4.78 is 21.1. The van der Waals surface area contributed by atoms with Gasteiger partial charge >= 0.3 is 0 Å². The second kappa shape index (κ2) is 6.93. The first-order valence-electron chi connectivity index (χ1n) is 8.01. The van der Waals surface area contributed by atoms with E-state index in [9.17, 15) is 4.39 Å². The molecule has 1 aliphatic carbocycles. The number of aryl methyl sites for hydroxylation is 1. The maximum atomic E-state index is 13.8. The van der Waals surface area contributed by atoms with Gasteiger partial charge in [0.25, 0.3) is 5.88 Å². The number of rotatable bonds is 5. The summed E-state index contributed by atoms with van der Waals surface area (Å²) in [4.78, 5) is 8.05. The third kappa shape index (κ3) is 4.18. The summed E-state index contributed by atoms with van der Waals surface area (Å²) in [6.45, 7) is 2.78. The fourth-order valence-corrected chi connectivity index (χ4v) is 2.82. The van der Waals surface area contributed by atoms with Crippen LogP contribution in [0.5, 0.6) is 5.88 Å². The van der Waals surface area contributed by atoms with Crippen molar-refractivity contribution in [1.82, 2.24) is 19.7 Å². The van der Waals surface area contributed by atoms with Crippen LogP contribution in [0.25, 0.3) is 0 Å². The highest BCUT2D eigenvalue weighted by Crippen LogP contribution is 2.29. The molecule has 1 saturated carbocycles. The van der Waals surface area contributed by atoms with Crippen molar-refractivity contribution in [1.29, 1.82) is 0 Å². The zero-order valence-electron chi connectivity index (χ0n) is 13.5. The van der Waals surface area contributed by atoms with Crippen LogP contribution in [0.2, 0.25) is 0 Å². The smallest absolute Gasteiger partial charge is 0.255 e. The number of anilines is 2. The van der Waals surface area contributed by atoms with Crippen LogP contribution < -0.4 is 10.1 Å². The molecule has 3 rings (SSSR count). The maximum absolute atomic E-state index is 13.8. The molecule has 6 nitrogen and oxygen atoms in total. The highest BCUT2D eigenvalue weighted by atomic mass is 19.1. The lowest BCUT2D eigenvalue weighted by atomic mass is 9.83. The summed E-state index contributed by atoms with van der Waals surface area (Å²) in [5, 5.41) is 7.03. The van der Waals surface area contributed by atoms with Gasteiger partial charge in [-0.2, -0.15) is 14.5 Å². The Labute approximate surface area is 135 Å². The van der Waals surface area contributed by atoms with Crippen molar-refractivity contribution in [2.24, 2.45) is 18.9 Å². The number of ether oxygens (including phenoxy) is 1. The fourth-order valence-electron chi connectivity index (χ4n) is 2.82. The van der Waals surface area contributed by atoms with Crippen molar-refractivity contribution in [2.75, 3.05) is 11.9 Å². The van der Waals surface area contributed by atoms with Gasteiger partial charge in [0.1, 0.15) is 0 Å². The standard InChI is InChI=1S/C16H22FN5O/c1-11-3-5-12(6-4-11)10-23-15-14(17)8-18-16(21-15)20-13-7-19-22(2)9-13/h7-9,11-12H,3-6,10H2,1-2H3,(H,18,20,21). The zero-order valence-corrected chi connectivity index (χ0v) is 13.5. The monoisotopic (exact) mass is 319 g/mol. The Morgan fingerprint density at radius 1 is 1.30 bits per heavy atom. The third-order valence-corrected chi connectivity index (χ3v) is 4.26. The average molecular weight is 319 g/mol. The molecule has 2 heterocycles. The number of nitrogens with one attached hydrogen (secondary N) is 1. The topological polar surface area (TPSA) is 64.9 Å². The van der Waals surface area contributed by atoms with E-state index in [1.807, 2.05) is 7.05 Å². The van der Waals surface area contributed by atoms with Crippen LogP contribution in [0.4, 0.5) is 16.0 Å². The number of nitrogens with zero attached hydrogens (tertiary/aromatic N) is 4. The number of hydrogen-bond donors (Lipinski definition) is 1. The second-order valence-electron chi connectivity index (χ2n) is 6.31. The maximum Gasteiger partial charge on any atom is 0.255 e. The lowest BCUT2D eigenvalue weighted by molar-refractivity contribution is 0.178. The summed E-state index contributed by atoms with van der Waals surface area (Å²) in [5.74, 6) is 1.04. The van der Waals surface area contributed by atoms with Crippen molar-refractivity contribution < 1.29 is 9.13 Å². The van der Waals surface area contributed by atoms with Gasteiger partial charge in [-0.25, -0.2) is 4.98 Å². The fraction of sp³-hybridized carbons (Fsp3) is 0.562. The summed E-state index contributed by atoms with van der Waals surface area (Å²) >= 11 is 0. The van der Waals surface area contributed by atoms with Crippen molar-refractivity contribution in [3.8, 4) is 5.88 Å². The van der Waals surface area contributed by atoms with Gasteiger partial charge in [0.15, 0.2) is 0 Å². The molecule has 1 fully saturated rings. The van der Waals surface area contributed by atoms with Crippen LogP contribution in [0.15, 0.2) is 18.6 Å². The highest BCUT2D eigenvalue weighted by Gasteiger charge is 2.19. The molecule has 1 N–H and O–H groups in total. The lowest BCUT2D eigenvalue weighted by Crippen LogP contribution is -2.19. The van der Waals surface area contributed by atoms with E-state index in [4.69, 9.17) is 4.74 Å². The number of aromatic nitrogens is 4. The first-order chi connectivity index (χ1) is 11.1. The average Bonchev–Trinajstić information content (AvgIpc) is 2.94. The molecule has 2 aromatic rings. The third-order valence-electron chi connectivity index (χ3n) is 4.26. The van der Waals surface area contributed by atoms with E-state index >= 15 is 0 Å². The SMILES string of the molecule is CC1CCC(COc2nc(Nc3cnn(C)c3)ncc2F)CC1. The van der Waals surface area contributed by atoms with Crippen LogP contribution in [0.1, 0.15) is 32.6 Å². The largest absolute Gasteiger partial charge is 0.475 e. The summed E-state index contributed by atoms with van der Waals surface area (Å²) in [7, 11) is 1.82. The molecule has 0 aromatic carbocycles. The van der Waals surface area contributed by atoms with Gasteiger partial charge in [0, 0.05) is 13.2 Å². The molecule has 7 heteroatoms. The van der Waals surface area contributed by atoms with E-state index in [1.165, 1.54) is 12.8 Å². The van der Waals surface area contributed by atoms with Crippen molar-refractivity contribution in [3.05, 3.63) is 24.4 Å². The molecule has 1 aliphatic rings. The van der Waals surface area contributed by atoms with E-state index in [0.717, 1.165) is 30.6 Å². The minimum atomic E-state index is -0.536. The van der Waals surface area contributed by atoms with E-state index < -0.39 is 5.82 Å². The Kier molecular flexibility index (Phi) is 4.73. The first-order valence-corrected chi connectivity index (χ1v) is 8.01. The molecule has 0 atom stereocenters. The first kappa shape index (κ1) is 15.7. The summed E-state index contributed by atoms with van der Waals surface area (Å²) in [6.07, 6.45) is 9.27. The molecule has 2 aromatic heterocycles. The van der Waals surface area contributed by atoms with E-state index in [0.29, 0.717) is 18.5 Å². The van der Waals surface area contributed by atoms with Crippen molar-refractivity contribution in [3.63, 3.8) is 0 Å². The molecule has 0 amide bonds. The van der Waals surface area contributed by atoms with Gasteiger partial charge in [-0.1, -0.05) is 19.8 Å². The van der Waals surface area contributed by atoms with E-state index in [2.05, 4.69) is 27.3 Å². The van der Waals surface area contributed by atoms with E-state index in [-0.39, 0.29) is 5.88 Å². The molecule has 0 unspecified atom stereocenters. The molecule has 0 spiro atoms. The van der Waals surface area contributed by atoms with Crippen LogP contribution in [0, 0.1) is 17.7 Å². The quantitative estimate of drug-likeness (QED) is 0.916. The number of hydrogen-bond acceptors (Lipinski definition) is 5. The lowest BCUT2D eigenvalue weighted by Gasteiger charge is -2.25. The van der Waals surface area contributed by atoms with Crippen molar-refractivity contribution >= 4 is 11.6 Å². The van der Waals surface area contributed by atoms with Crippen LogP contribution in [0.3, 0.4) is 0 Å². The minimum Gasteiger partial charge on any atom is -0.475 e. The predicted molar refractivity (Wildman–Crippen MR) is 85.1 cm³/mol. The van der Waals surface area contributed by atoms with Crippen LogP contribution in [-0.4, -0.2) is 26.4 Å². The Morgan fingerprint density at radius 2 is 2.09 bits per heavy atom. The molecule has 0 radical (unpaired) electrons. The Balaban J connectivity index is 1.61. The molecule has 0 aliphatic heterocycles. The van der Waals surface area contributed by atoms with Gasteiger partial charge < -0.3 is 10.1 Å². The molecule has 0 bridgehead atoms. The molecule has 23 heavy (non-hydrogen) atoms. The van der Waals surface area contributed by atoms with Gasteiger partial charge in [-0.15, -0.1) is 0 Å². The minimum absolute atomic E-state index is 0.00464. The normalized spacial score (nSPS) is 21.2. The Bertz CT molecular complexity index is 652. The van der Waals surface area contributed by atoms with E-state index in [1.54, 1.807) is 17.1 Å². The van der Waals surface area contributed by atoms with Gasteiger partial charge in [0.05, 0.1) is 24.7 Å². The molecule has 0 saturated heterocycles. The summed E-state index contributed by atoms with van der Waals surface area (Å²) in [6, 6.07) is 0. The predicted octanol–water partition coefficient (Wildman–Crippen LogP) is 3.30. The molecule has 124 valence electrons. The van der Waals surface area contributed by atoms with Crippen LogP contribution in [-0.2, 0) is 7.05 Å². The second-order valence-corrected chi connectivity index (χ2v) is 6.31. The van der Waals surface area contributed by atoms with Crippen molar-refractivity contribution in [2.45, 2.75) is 32.6 Å². The van der Waals surface area contributed by atoms with Gasteiger partial charge in [0.2, 0.25) is 11.8 Å². The van der Waals surface area contributed by atoms with Gasteiger partial charge in [-0.05, 0) is 24.7 Å². The van der Waals surface area contributed by atoms with Crippen LogP contribution >= 0.6 is 0 Å².